The molecule has 0 radical (unpaired) electrons. The fourth-order valence-corrected chi connectivity index (χ4v) is 2.47. The minimum absolute atomic E-state index is 0.112. The Hall–Kier alpha value is -0.860. The van der Waals surface area contributed by atoms with Crippen LogP contribution in [-0.2, 0) is 0 Å². The van der Waals surface area contributed by atoms with E-state index in [-0.39, 0.29) is 10.5 Å². The molecule has 0 aromatic heterocycles. The molecule has 0 aliphatic carbocycles. The number of benzene rings is 2. The van der Waals surface area contributed by atoms with Crippen molar-refractivity contribution in [3.05, 3.63) is 71.3 Å². The van der Waals surface area contributed by atoms with Crippen LogP contribution in [0, 0.1) is 6.92 Å². The van der Waals surface area contributed by atoms with E-state index >= 15 is 0 Å². The van der Waals surface area contributed by atoms with Crippen LogP contribution in [0.15, 0.2) is 54.6 Å². The molecule has 0 spiro atoms. The van der Waals surface area contributed by atoms with Gasteiger partial charge in [0.2, 0.25) is 0 Å². The SMILES string of the molecule is Cc1ccc(C(S)C(S)c2ccccc2)cc1. The van der Waals surface area contributed by atoms with Crippen LogP contribution in [0.2, 0.25) is 0 Å². The van der Waals surface area contributed by atoms with Crippen LogP contribution in [0.3, 0.4) is 0 Å². The summed E-state index contributed by atoms with van der Waals surface area (Å²) in [5, 5.41) is 0.226. The molecule has 0 N–H and O–H groups in total. The summed E-state index contributed by atoms with van der Waals surface area (Å²) in [6, 6.07) is 18.8. The van der Waals surface area contributed by atoms with Crippen molar-refractivity contribution in [3.8, 4) is 0 Å². The van der Waals surface area contributed by atoms with Crippen molar-refractivity contribution >= 4 is 25.3 Å². The van der Waals surface area contributed by atoms with E-state index in [9.17, 15) is 0 Å². The first-order valence-corrected chi connectivity index (χ1v) is 6.69. The lowest BCUT2D eigenvalue weighted by molar-refractivity contribution is 0.919. The van der Waals surface area contributed by atoms with Crippen LogP contribution < -0.4 is 0 Å². The fraction of sp³-hybridized carbons (Fsp3) is 0.200. The van der Waals surface area contributed by atoms with Gasteiger partial charge >= 0.3 is 0 Å². The third-order valence-electron chi connectivity index (χ3n) is 2.86. The van der Waals surface area contributed by atoms with Crippen LogP contribution in [0.25, 0.3) is 0 Å². The Kier molecular flexibility index (Phi) is 4.19. The Morgan fingerprint density at radius 2 is 1.18 bits per heavy atom. The predicted octanol–water partition coefficient (Wildman–Crippen LogP) is 4.64. The summed E-state index contributed by atoms with van der Waals surface area (Å²) in [5.74, 6) is 0. The van der Waals surface area contributed by atoms with E-state index in [2.05, 4.69) is 68.6 Å². The molecule has 0 heterocycles. The van der Waals surface area contributed by atoms with Crippen molar-refractivity contribution in [2.24, 2.45) is 0 Å². The highest BCUT2D eigenvalue weighted by atomic mass is 32.1. The maximum absolute atomic E-state index is 4.68. The molecule has 0 saturated carbocycles. The van der Waals surface area contributed by atoms with Crippen molar-refractivity contribution in [3.63, 3.8) is 0 Å². The molecule has 17 heavy (non-hydrogen) atoms. The van der Waals surface area contributed by atoms with Crippen LogP contribution in [0.1, 0.15) is 27.2 Å². The summed E-state index contributed by atoms with van der Waals surface area (Å²) in [6.07, 6.45) is 0. The van der Waals surface area contributed by atoms with E-state index in [1.807, 2.05) is 18.2 Å². The normalized spacial score (nSPS) is 14.3. The molecule has 0 fully saturated rings. The average molecular weight is 260 g/mol. The molecule has 0 saturated heterocycles. The minimum Gasteiger partial charge on any atom is -0.170 e. The largest absolute Gasteiger partial charge is 0.170 e. The molecular weight excluding hydrogens is 244 g/mol. The number of rotatable bonds is 3. The highest BCUT2D eigenvalue weighted by Gasteiger charge is 2.17. The number of hydrogen-bond acceptors (Lipinski definition) is 2. The molecule has 0 bridgehead atoms. The molecule has 2 aromatic rings. The topological polar surface area (TPSA) is 0 Å². The van der Waals surface area contributed by atoms with Gasteiger partial charge in [-0.2, -0.15) is 25.3 Å². The monoisotopic (exact) mass is 260 g/mol. The molecule has 0 amide bonds. The summed E-state index contributed by atoms with van der Waals surface area (Å²) in [5.41, 5.74) is 3.68. The Morgan fingerprint density at radius 1 is 0.706 bits per heavy atom. The van der Waals surface area contributed by atoms with Crippen LogP contribution >= 0.6 is 25.3 Å². The zero-order chi connectivity index (χ0) is 12.3. The van der Waals surface area contributed by atoms with Gasteiger partial charge in [0.05, 0.1) is 0 Å². The van der Waals surface area contributed by atoms with Crippen molar-refractivity contribution in [2.45, 2.75) is 17.4 Å². The molecule has 88 valence electrons. The molecule has 0 aliphatic heterocycles. The van der Waals surface area contributed by atoms with E-state index in [1.54, 1.807) is 0 Å². The maximum Gasteiger partial charge on any atom is 0.0424 e. The molecule has 2 aromatic carbocycles. The first-order chi connectivity index (χ1) is 8.18. The van der Waals surface area contributed by atoms with Gasteiger partial charge in [0.15, 0.2) is 0 Å². The van der Waals surface area contributed by atoms with Crippen molar-refractivity contribution in [1.82, 2.24) is 0 Å². The number of aryl methyl sites for hydroxylation is 1. The smallest absolute Gasteiger partial charge is 0.0424 e. The Bertz CT molecular complexity index is 462. The van der Waals surface area contributed by atoms with E-state index in [0.29, 0.717) is 0 Å². The van der Waals surface area contributed by atoms with Gasteiger partial charge in [0.1, 0.15) is 0 Å². The van der Waals surface area contributed by atoms with Gasteiger partial charge < -0.3 is 0 Å². The average Bonchev–Trinajstić information content (AvgIpc) is 2.39. The summed E-state index contributed by atoms with van der Waals surface area (Å²) in [6.45, 7) is 2.09. The standard InChI is InChI=1S/C15H16S2/c1-11-7-9-13(10-8-11)15(17)14(16)12-5-3-2-4-6-12/h2-10,14-17H,1H3. The highest BCUT2D eigenvalue weighted by molar-refractivity contribution is 7.84. The lowest BCUT2D eigenvalue weighted by Crippen LogP contribution is -2.00. The van der Waals surface area contributed by atoms with E-state index in [0.717, 1.165) is 0 Å². The predicted molar refractivity (Wildman–Crippen MR) is 81.1 cm³/mol. The second-order valence-electron chi connectivity index (χ2n) is 4.21. The molecule has 0 aliphatic rings. The van der Waals surface area contributed by atoms with E-state index in [1.165, 1.54) is 16.7 Å². The maximum atomic E-state index is 4.68. The molecular formula is C15H16S2. The van der Waals surface area contributed by atoms with Crippen LogP contribution in [0.4, 0.5) is 0 Å². The molecule has 2 rings (SSSR count). The molecule has 2 unspecified atom stereocenters. The number of hydrogen-bond donors (Lipinski definition) is 2. The molecule has 0 nitrogen and oxygen atoms in total. The van der Waals surface area contributed by atoms with Crippen LogP contribution in [0.5, 0.6) is 0 Å². The lowest BCUT2D eigenvalue weighted by atomic mass is 10.0. The summed E-state index contributed by atoms with van der Waals surface area (Å²) >= 11 is 9.36. The van der Waals surface area contributed by atoms with Gasteiger partial charge in [-0.25, -0.2) is 0 Å². The van der Waals surface area contributed by atoms with Gasteiger partial charge in [-0.3, -0.25) is 0 Å². The second-order valence-corrected chi connectivity index (χ2v) is 5.32. The third-order valence-corrected chi connectivity index (χ3v) is 4.29. The van der Waals surface area contributed by atoms with Crippen molar-refractivity contribution in [2.75, 3.05) is 0 Å². The number of thiol groups is 2. The molecule has 2 atom stereocenters. The van der Waals surface area contributed by atoms with Gasteiger partial charge in [-0.1, -0.05) is 60.2 Å². The summed E-state index contributed by atoms with van der Waals surface area (Å²) in [4.78, 5) is 0. The van der Waals surface area contributed by atoms with Crippen molar-refractivity contribution < 1.29 is 0 Å². The van der Waals surface area contributed by atoms with Gasteiger partial charge in [-0.15, -0.1) is 0 Å². The molecule has 2 heteroatoms. The Labute approximate surface area is 114 Å². The fourth-order valence-electron chi connectivity index (χ4n) is 1.78. The van der Waals surface area contributed by atoms with Gasteiger partial charge in [0, 0.05) is 10.5 Å². The van der Waals surface area contributed by atoms with Crippen molar-refractivity contribution in [1.29, 1.82) is 0 Å². The Balaban J connectivity index is 2.20. The first kappa shape index (κ1) is 12.6. The third kappa shape index (κ3) is 3.08. The highest BCUT2D eigenvalue weighted by Crippen LogP contribution is 2.38. The summed E-state index contributed by atoms with van der Waals surface area (Å²) < 4.78 is 0. The quantitative estimate of drug-likeness (QED) is 0.738. The van der Waals surface area contributed by atoms with Gasteiger partial charge in [0.25, 0.3) is 0 Å². The zero-order valence-electron chi connectivity index (χ0n) is 9.75. The second kappa shape index (κ2) is 5.65. The zero-order valence-corrected chi connectivity index (χ0v) is 11.5. The van der Waals surface area contributed by atoms with E-state index < -0.39 is 0 Å². The van der Waals surface area contributed by atoms with E-state index in [4.69, 9.17) is 0 Å². The first-order valence-electron chi connectivity index (χ1n) is 5.66. The summed E-state index contributed by atoms with van der Waals surface area (Å²) in [7, 11) is 0. The Morgan fingerprint density at radius 3 is 1.71 bits per heavy atom. The van der Waals surface area contributed by atoms with Gasteiger partial charge in [-0.05, 0) is 18.1 Å². The van der Waals surface area contributed by atoms with Crippen LogP contribution in [-0.4, -0.2) is 0 Å². The minimum atomic E-state index is 0.112. The lowest BCUT2D eigenvalue weighted by Gasteiger charge is -2.19.